The molecule has 1 aliphatic heterocycles. The van der Waals surface area contributed by atoms with Crippen LogP contribution in [-0.4, -0.2) is 29.8 Å². The molecule has 1 aliphatic rings. The summed E-state index contributed by atoms with van der Waals surface area (Å²) in [7, 11) is 1.99. The van der Waals surface area contributed by atoms with Crippen molar-refractivity contribution in [2.24, 2.45) is 0 Å². The van der Waals surface area contributed by atoms with Gasteiger partial charge in [-0.1, -0.05) is 29.8 Å². The molecule has 136 valence electrons. The third-order valence-corrected chi connectivity index (χ3v) is 6.09. The highest BCUT2D eigenvalue weighted by atomic mass is 35.5. The number of rotatable bonds is 3. The molecule has 2 aromatic carbocycles. The zero-order valence-corrected chi connectivity index (χ0v) is 16.8. The Bertz CT molecular complexity index is 937. The molecule has 0 aliphatic carbocycles. The Morgan fingerprint density at radius 3 is 2.69 bits per heavy atom. The van der Waals surface area contributed by atoms with Gasteiger partial charge in [-0.2, -0.15) is 0 Å². The van der Waals surface area contributed by atoms with Gasteiger partial charge in [-0.05, 0) is 49.4 Å². The quantitative estimate of drug-likeness (QED) is 0.648. The fourth-order valence-electron chi connectivity index (χ4n) is 3.59. The van der Waals surface area contributed by atoms with E-state index in [1.54, 1.807) is 36.0 Å². The maximum atomic E-state index is 13.3. The molecule has 0 bridgehead atoms. The molecule has 1 N–H and O–H groups in total. The molecule has 26 heavy (non-hydrogen) atoms. The average molecular weight is 407 g/mol. The summed E-state index contributed by atoms with van der Waals surface area (Å²) in [6, 6.07) is 15.3. The van der Waals surface area contributed by atoms with E-state index in [0.717, 1.165) is 29.3 Å². The standard InChI is InChI=1S/C20H19ClN2OS.ClH/c1-22-12-14-10-11-25-20-18(14)16-4-2-3-5-17(16)23(20)19(24)13-6-8-15(21)9-7-13;/h2-9,14,22H,10-12H2,1H3;1H. The predicted molar refractivity (Wildman–Crippen MR) is 112 cm³/mol. The minimum absolute atomic E-state index is 0. The summed E-state index contributed by atoms with van der Waals surface area (Å²) >= 11 is 7.76. The number of hydrogen-bond donors (Lipinski definition) is 1. The molecule has 4 rings (SSSR count). The Morgan fingerprint density at radius 1 is 1.23 bits per heavy atom. The van der Waals surface area contributed by atoms with Crippen LogP contribution in [0.1, 0.15) is 28.3 Å². The van der Waals surface area contributed by atoms with Crippen molar-refractivity contribution in [3.63, 3.8) is 0 Å². The fraction of sp³-hybridized carbons (Fsp3) is 0.250. The molecular formula is C20H20Cl2N2OS. The smallest absolute Gasteiger partial charge is 0.263 e. The Balaban J connectivity index is 0.00000196. The molecule has 1 aromatic heterocycles. The van der Waals surface area contributed by atoms with E-state index in [2.05, 4.69) is 17.4 Å². The molecule has 0 saturated carbocycles. The molecule has 6 heteroatoms. The van der Waals surface area contributed by atoms with Crippen LogP contribution < -0.4 is 5.32 Å². The second-order valence-corrected chi connectivity index (χ2v) is 7.80. The first kappa shape index (κ1) is 19.3. The third-order valence-electron chi connectivity index (χ3n) is 4.73. The molecule has 0 spiro atoms. The van der Waals surface area contributed by atoms with Crippen molar-refractivity contribution in [2.45, 2.75) is 17.4 Å². The van der Waals surface area contributed by atoms with Gasteiger partial charge >= 0.3 is 0 Å². The van der Waals surface area contributed by atoms with E-state index in [1.165, 1.54) is 10.9 Å². The molecule has 2 heterocycles. The van der Waals surface area contributed by atoms with Crippen LogP contribution >= 0.6 is 35.8 Å². The number of para-hydroxylation sites is 1. The van der Waals surface area contributed by atoms with Gasteiger partial charge in [0.25, 0.3) is 5.91 Å². The van der Waals surface area contributed by atoms with Crippen LogP contribution in [0, 0.1) is 0 Å². The van der Waals surface area contributed by atoms with Crippen molar-refractivity contribution < 1.29 is 4.79 Å². The number of carbonyl (C=O) groups is 1. The number of nitrogens with zero attached hydrogens (tertiary/aromatic N) is 1. The van der Waals surface area contributed by atoms with Crippen LogP contribution in [0.5, 0.6) is 0 Å². The highest BCUT2D eigenvalue weighted by molar-refractivity contribution is 7.99. The summed E-state index contributed by atoms with van der Waals surface area (Å²) in [5.74, 6) is 1.47. The van der Waals surface area contributed by atoms with Crippen molar-refractivity contribution >= 4 is 52.6 Å². The largest absolute Gasteiger partial charge is 0.319 e. The number of fused-ring (bicyclic) bond motifs is 3. The molecule has 0 fully saturated rings. The second kappa shape index (κ2) is 8.05. The molecule has 0 saturated heterocycles. The maximum Gasteiger partial charge on any atom is 0.263 e. The van der Waals surface area contributed by atoms with Crippen LogP contribution in [0.3, 0.4) is 0 Å². The van der Waals surface area contributed by atoms with E-state index in [9.17, 15) is 4.79 Å². The minimum Gasteiger partial charge on any atom is -0.319 e. The lowest BCUT2D eigenvalue weighted by Crippen LogP contribution is -2.21. The van der Waals surface area contributed by atoms with E-state index in [4.69, 9.17) is 11.6 Å². The van der Waals surface area contributed by atoms with Gasteiger partial charge in [0.15, 0.2) is 0 Å². The van der Waals surface area contributed by atoms with Crippen LogP contribution in [0.15, 0.2) is 53.6 Å². The zero-order valence-electron chi connectivity index (χ0n) is 14.4. The first-order valence-electron chi connectivity index (χ1n) is 8.41. The Kier molecular flexibility index (Phi) is 5.98. The number of thioether (sulfide) groups is 1. The minimum atomic E-state index is 0. The monoisotopic (exact) mass is 406 g/mol. The molecule has 3 aromatic rings. The molecule has 1 unspecified atom stereocenters. The van der Waals surface area contributed by atoms with Gasteiger partial charge in [0.05, 0.1) is 10.5 Å². The first-order valence-corrected chi connectivity index (χ1v) is 9.78. The van der Waals surface area contributed by atoms with Crippen molar-refractivity contribution in [3.05, 3.63) is 64.7 Å². The van der Waals surface area contributed by atoms with E-state index < -0.39 is 0 Å². The Morgan fingerprint density at radius 2 is 1.96 bits per heavy atom. The molecule has 3 nitrogen and oxygen atoms in total. The summed E-state index contributed by atoms with van der Waals surface area (Å²) in [6.07, 6.45) is 1.13. The number of likely N-dealkylation sites (N-methyl/N-ethyl adjacent to an activating group) is 1. The summed E-state index contributed by atoms with van der Waals surface area (Å²) < 4.78 is 1.89. The maximum absolute atomic E-state index is 13.3. The lowest BCUT2D eigenvalue weighted by atomic mass is 9.95. The Hall–Kier alpha value is -1.46. The lowest BCUT2D eigenvalue weighted by Gasteiger charge is -2.23. The van der Waals surface area contributed by atoms with Gasteiger partial charge in [-0.25, -0.2) is 0 Å². The van der Waals surface area contributed by atoms with Gasteiger partial charge in [0.1, 0.15) is 0 Å². The average Bonchev–Trinajstić information content (AvgIpc) is 2.97. The van der Waals surface area contributed by atoms with Crippen LogP contribution in [-0.2, 0) is 0 Å². The van der Waals surface area contributed by atoms with E-state index in [1.807, 2.05) is 23.7 Å². The van der Waals surface area contributed by atoms with Crippen LogP contribution in [0.25, 0.3) is 10.9 Å². The number of nitrogens with one attached hydrogen (secondary N) is 1. The summed E-state index contributed by atoms with van der Waals surface area (Å²) in [4.78, 5) is 13.3. The van der Waals surface area contributed by atoms with E-state index in [0.29, 0.717) is 16.5 Å². The van der Waals surface area contributed by atoms with Crippen molar-refractivity contribution in [3.8, 4) is 0 Å². The van der Waals surface area contributed by atoms with Crippen molar-refractivity contribution in [2.75, 3.05) is 19.3 Å². The molecular weight excluding hydrogens is 387 g/mol. The first-order chi connectivity index (χ1) is 12.2. The van der Waals surface area contributed by atoms with Gasteiger partial charge in [-0.15, -0.1) is 24.2 Å². The van der Waals surface area contributed by atoms with Crippen molar-refractivity contribution in [1.29, 1.82) is 0 Å². The van der Waals surface area contributed by atoms with Crippen molar-refractivity contribution in [1.82, 2.24) is 9.88 Å². The normalized spacial score (nSPS) is 16.2. The predicted octanol–water partition coefficient (Wildman–Crippen LogP) is 5.20. The highest BCUT2D eigenvalue weighted by Crippen LogP contribution is 2.43. The van der Waals surface area contributed by atoms with Gasteiger partial charge in [0.2, 0.25) is 0 Å². The van der Waals surface area contributed by atoms with Gasteiger partial charge in [0, 0.05) is 34.2 Å². The van der Waals surface area contributed by atoms with E-state index in [-0.39, 0.29) is 18.3 Å². The zero-order chi connectivity index (χ0) is 17.4. The number of halogens is 2. The fourth-order valence-corrected chi connectivity index (χ4v) is 5.06. The highest BCUT2D eigenvalue weighted by Gasteiger charge is 2.30. The number of carbonyl (C=O) groups excluding carboxylic acids is 1. The van der Waals surface area contributed by atoms with E-state index >= 15 is 0 Å². The summed E-state index contributed by atoms with van der Waals surface area (Å²) in [5, 5.41) is 6.22. The van der Waals surface area contributed by atoms with Crippen LogP contribution in [0.2, 0.25) is 5.02 Å². The lowest BCUT2D eigenvalue weighted by molar-refractivity contribution is 0.0956. The number of aromatic nitrogens is 1. The van der Waals surface area contributed by atoms with Gasteiger partial charge in [-0.3, -0.25) is 9.36 Å². The van der Waals surface area contributed by atoms with Gasteiger partial charge < -0.3 is 5.32 Å². The van der Waals surface area contributed by atoms with Crippen LogP contribution in [0.4, 0.5) is 0 Å². The number of benzene rings is 2. The second-order valence-electron chi connectivity index (χ2n) is 6.28. The number of hydrogen-bond acceptors (Lipinski definition) is 3. The molecule has 1 atom stereocenters. The SMILES string of the molecule is CNCC1CCSc2c1c1ccccc1n2C(=O)c1ccc(Cl)cc1.Cl. The summed E-state index contributed by atoms with van der Waals surface area (Å²) in [5.41, 5.74) is 2.95. The third kappa shape index (κ3) is 3.27. The summed E-state index contributed by atoms with van der Waals surface area (Å²) in [6.45, 7) is 0.927. The topological polar surface area (TPSA) is 34.0 Å². The molecule has 0 amide bonds. The Labute approximate surface area is 168 Å². The molecule has 0 radical (unpaired) electrons.